The molecule has 5 nitrogen and oxygen atoms in total. The summed E-state index contributed by atoms with van der Waals surface area (Å²) in [5.74, 6) is 1.07. The van der Waals surface area contributed by atoms with Crippen molar-refractivity contribution >= 4 is 11.6 Å². The maximum absolute atomic E-state index is 10.9. The Morgan fingerprint density at radius 3 is 2.69 bits per heavy atom. The summed E-state index contributed by atoms with van der Waals surface area (Å²) in [7, 11) is 0. The van der Waals surface area contributed by atoms with Crippen LogP contribution in [0.4, 0.5) is 5.82 Å². The highest BCUT2D eigenvalue weighted by Crippen LogP contribution is 2.24. The number of nitrogens with zero attached hydrogens (tertiary/aromatic N) is 2. The van der Waals surface area contributed by atoms with E-state index in [1.807, 2.05) is 23.1 Å². The van der Waals surface area contributed by atoms with E-state index in [4.69, 9.17) is 9.47 Å². The zero-order chi connectivity index (χ0) is 11.0. The monoisotopic (exact) mass is 220 g/mol. The van der Waals surface area contributed by atoms with Crippen molar-refractivity contribution in [2.24, 2.45) is 0 Å². The van der Waals surface area contributed by atoms with Gasteiger partial charge in [-0.3, -0.25) is 4.79 Å². The predicted molar refractivity (Wildman–Crippen MR) is 56.1 cm³/mol. The number of hydrogen-bond acceptors (Lipinski definition) is 5. The fourth-order valence-corrected chi connectivity index (χ4v) is 1.82. The molecular formula is C11H12N2O3. The first-order chi connectivity index (χ1) is 7.83. The summed E-state index contributed by atoms with van der Waals surface area (Å²) in [4.78, 5) is 17.3. The normalized spacial score (nSPS) is 21.2. The highest BCUT2D eigenvalue weighted by Gasteiger charge is 2.26. The molecule has 0 bridgehead atoms. The zero-order valence-electron chi connectivity index (χ0n) is 8.76. The van der Waals surface area contributed by atoms with E-state index in [1.165, 1.54) is 0 Å². The summed E-state index contributed by atoms with van der Waals surface area (Å²) in [5.41, 5.74) is 0.773. The zero-order valence-corrected chi connectivity index (χ0v) is 8.76. The molecule has 0 radical (unpaired) electrons. The fraction of sp³-hybridized carbons (Fsp3) is 0.455. The second-order valence-electron chi connectivity index (χ2n) is 3.89. The Bertz CT molecular complexity index is 407. The Morgan fingerprint density at radius 2 is 2.00 bits per heavy atom. The van der Waals surface area contributed by atoms with Crippen molar-refractivity contribution in [3.63, 3.8) is 0 Å². The number of pyridine rings is 1. The molecule has 16 heavy (non-hydrogen) atoms. The third-order valence-electron chi connectivity index (χ3n) is 2.68. The number of Topliss-reactive ketones (excluding diaryl/α,β-unsaturated/α-hetero) is 1. The average Bonchev–Trinajstić information content (AvgIpc) is 2.78. The van der Waals surface area contributed by atoms with Gasteiger partial charge in [0.1, 0.15) is 5.82 Å². The number of carbonyl (C=O) groups is 1. The number of rotatable bonds is 2. The van der Waals surface area contributed by atoms with E-state index in [0.29, 0.717) is 26.3 Å². The number of hydrogen-bond donors (Lipinski definition) is 0. The quantitative estimate of drug-likeness (QED) is 0.727. The van der Waals surface area contributed by atoms with Crippen LogP contribution in [0.25, 0.3) is 0 Å². The van der Waals surface area contributed by atoms with Gasteiger partial charge in [0.15, 0.2) is 5.78 Å². The minimum Gasteiger partial charge on any atom is -0.345 e. The SMILES string of the molecule is O=C1CN(c2cccc(C3OCCO3)n2)C1. The molecule has 2 aliphatic rings. The molecule has 0 spiro atoms. The number of carbonyl (C=O) groups excluding carboxylic acids is 1. The molecule has 3 rings (SSSR count). The van der Waals surface area contributed by atoms with Crippen molar-refractivity contribution < 1.29 is 14.3 Å². The maximum Gasteiger partial charge on any atom is 0.201 e. The molecule has 0 unspecified atom stereocenters. The van der Waals surface area contributed by atoms with Crippen molar-refractivity contribution in [2.45, 2.75) is 6.29 Å². The predicted octanol–water partition coefficient (Wildman–Crippen LogP) is 0.516. The minimum atomic E-state index is -0.350. The summed E-state index contributed by atoms with van der Waals surface area (Å²) in [5, 5.41) is 0. The van der Waals surface area contributed by atoms with Crippen LogP contribution < -0.4 is 4.90 Å². The topological polar surface area (TPSA) is 51.7 Å². The smallest absolute Gasteiger partial charge is 0.201 e. The van der Waals surface area contributed by atoms with Gasteiger partial charge in [0.25, 0.3) is 0 Å². The molecule has 2 aliphatic heterocycles. The fourth-order valence-electron chi connectivity index (χ4n) is 1.82. The van der Waals surface area contributed by atoms with E-state index < -0.39 is 0 Å². The maximum atomic E-state index is 10.9. The van der Waals surface area contributed by atoms with E-state index in [-0.39, 0.29) is 12.1 Å². The van der Waals surface area contributed by atoms with Crippen molar-refractivity contribution in [3.8, 4) is 0 Å². The van der Waals surface area contributed by atoms with Crippen LogP contribution in [0.1, 0.15) is 12.0 Å². The van der Waals surface area contributed by atoms with Crippen molar-refractivity contribution in [3.05, 3.63) is 23.9 Å². The van der Waals surface area contributed by atoms with Crippen LogP contribution >= 0.6 is 0 Å². The highest BCUT2D eigenvalue weighted by atomic mass is 16.7. The molecule has 0 atom stereocenters. The van der Waals surface area contributed by atoms with Gasteiger partial charge in [-0.25, -0.2) is 4.98 Å². The Kier molecular flexibility index (Phi) is 2.34. The Balaban J connectivity index is 1.79. The number of aromatic nitrogens is 1. The van der Waals surface area contributed by atoms with E-state index in [1.54, 1.807) is 0 Å². The molecule has 0 aromatic carbocycles. The molecule has 0 aliphatic carbocycles. The van der Waals surface area contributed by atoms with Crippen LogP contribution in [0.15, 0.2) is 18.2 Å². The molecule has 84 valence electrons. The largest absolute Gasteiger partial charge is 0.345 e. The first-order valence-electron chi connectivity index (χ1n) is 5.30. The van der Waals surface area contributed by atoms with Gasteiger partial charge in [0.05, 0.1) is 32.0 Å². The first-order valence-corrected chi connectivity index (χ1v) is 5.30. The summed E-state index contributed by atoms with van der Waals surface area (Å²) in [6.07, 6.45) is -0.350. The van der Waals surface area contributed by atoms with E-state index in [9.17, 15) is 4.79 Å². The Hall–Kier alpha value is -1.46. The van der Waals surface area contributed by atoms with Crippen molar-refractivity contribution in [1.29, 1.82) is 0 Å². The Labute approximate surface area is 93.0 Å². The summed E-state index contributed by atoms with van der Waals surface area (Å²) >= 11 is 0. The lowest BCUT2D eigenvalue weighted by Crippen LogP contribution is -2.47. The van der Waals surface area contributed by atoms with Crippen LogP contribution in [-0.4, -0.2) is 37.1 Å². The molecule has 2 saturated heterocycles. The number of anilines is 1. The first kappa shape index (κ1) is 9.74. The third-order valence-corrected chi connectivity index (χ3v) is 2.68. The molecule has 0 amide bonds. The van der Waals surface area contributed by atoms with Crippen LogP contribution in [0.2, 0.25) is 0 Å². The van der Waals surface area contributed by atoms with E-state index >= 15 is 0 Å². The summed E-state index contributed by atoms with van der Waals surface area (Å²) in [6, 6.07) is 5.68. The Morgan fingerprint density at radius 1 is 1.25 bits per heavy atom. The van der Waals surface area contributed by atoms with Crippen molar-refractivity contribution in [1.82, 2.24) is 4.98 Å². The van der Waals surface area contributed by atoms with Gasteiger partial charge < -0.3 is 14.4 Å². The number of ether oxygens (including phenoxy) is 2. The van der Waals surface area contributed by atoms with Crippen LogP contribution in [0, 0.1) is 0 Å². The molecule has 2 fully saturated rings. The van der Waals surface area contributed by atoms with Gasteiger partial charge in [-0.05, 0) is 12.1 Å². The lowest BCUT2D eigenvalue weighted by molar-refractivity contribution is -0.119. The minimum absolute atomic E-state index is 0.251. The molecule has 5 heteroatoms. The molecular weight excluding hydrogens is 208 g/mol. The standard InChI is InChI=1S/C11H12N2O3/c14-8-6-13(7-8)10-3-1-2-9(12-10)11-15-4-5-16-11/h1-3,11H,4-7H2. The lowest BCUT2D eigenvalue weighted by atomic mass is 10.2. The molecule has 1 aromatic heterocycles. The van der Waals surface area contributed by atoms with Gasteiger partial charge in [0.2, 0.25) is 6.29 Å². The van der Waals surface area contributed by atoms with Crippen LogP contribution in [0.3, 0.4) is 0 Å². The highest BCUT2D eigenvalue weighted by molar-refractivity contribution is 5.94. The van der Waals surface area contributed by atoms with E-state index in [2.05, 4.69) is 4.98 Å². The average molecular weight is 220 g/mol. The molecule has 1 aromatic rings. The van der Waals surface area contributed by atoms with Gasteiger partial charge in [-0.2, -0.15) is 0 Å². The summed E-state index contributed by atoms with van der Waals surface area (Å²) < 4.78 is 10.8. The van der Waals surface area contributed by atoms with Gasteiger partial charge in [0, 0.05) is 0 Å². The molecule has 0 saturated carbocycles. The number of ketones is 1. The lowest BCUT2D eigenvalue weighted by Gasteiger charge is -2.30. The van der Waals surface area contributed by atoms with Gasteiger partial charge in [-0.1, -0.05) is 6.07 Å². The summed E-state index contributed by atoms with van der Waals surface area (Å²) in [6.45, 7) is 2.14. The van der Waals surface area contributed by atoms with Gasteiger partial charge in [-0.15, -0.1) is 0 Å². The second-order valence-corrected chi connectivity index (χ2v) is 3.89. The third kappa shape index (κ3) is 1.68. The second kappa shape index (κ2) is 3.84. The molecule has 0 N–H and O–H groups in total. The van der Waals surface area contributed by atoms with Crippen LogP contribution in [0.5, 0.6) is 0 Å². The van der Waals surface area contributed by atoms with Crippen molar-refractivity contribution in [2.75, 3.05) is 31.2 Å². The van der Waals surface area contributed by atoms with E-state index in [0.717, 1.165) is 11.5 Å². The van der Waals surface area contributed by atoms with Crippen LogP contribution in [-0.2, 0) is 14.3 Å². The molecule has 3 heterocycles. The van der Waals surface area contributed by atoms with Gasteiger partial charge >= 0.3 is 0 Å².